The van der Waals surface area contributed by atoms with E-state index < -0.39 is 7.82 Å². The fourth-order valence-electron chi connectivity index (χ4n) is 3.47. The summed E-state index contributed by atoms with van der Waals surface area (Å²) in [6.45, 7) is 4.31. The molecule has 7 heteroatoms. The topological polar surface area (TPSA) is 92.5 Å². The number of aromatic nitrogens is 2. The normalized spacial score (nSPS) is 22.0. The molecular weight excluding hydrogens is 327 g/mol. The van der Waals surface area contributed by atoms with E-state index in [-0.39, 0.29) is 12.5 Å². The minimum Gasteiger partial charge on any atom is -0.303 e. The maximum absolute atomic E-state index is 10.8. The zero-order valence-electron chi connectivity index (χ0n) is 14.0. The van der Waals surface area contributed by atoms with Gasteiger partial charge in [0.1, 0.15) is 6.33 Å². The van der Waals surface area contributed by atoms with Crippen molar-refractivity contribution in [2.75, 3.05) is 6.61 Å². The molecule has 2 N–H and O–H groups in total. The number of fused-ring (bicyclic) bond motifs is 1. The Bertz CT molecular complexity index is 781. The minimum absolute atomic E-state index is 0.125. The smallest absolute Gasteiger partial charge is 0.303 e. The van der Waals surface area contributed by atoms with E-state index in [0.29, 0.717) is 5.92 Å². The molecule has 0 bridgehead atoms. The van der Waals surface area contributed by atoms with Gasteiger partial charge in [-0.3, -0.25) is 4.52 Å². The van der Waals surface area contributed by atoms with Crippen molar-refractivity contribution < 1.29 is 18.9 Å². The number of nitrogens with zero attached hydrogens (tertiary/aromatic N) is 2. The van der Waals surface area contributed by atoms with E-state index in [1.165, 1.54) is 11.1 Å². The molecule has 6 nitrogen and oxygen atoms in total. The van der Waals surface area contributed by atoms with Crippen molar-refractivity contribution in [1.82, 2.24) is 9.97 Å². The van der Waals surface area contributed by atoms with Crippen LogP contribution in [0.5, 0.6) is 0 Å². The first-order valence-electron chi connectivity index (χ1n) is 8.25. The molecule has 0 amide bonds. The molecule has 1 fully saturated rings. The molecule has 1 aliphatic rings. The van der Waals surface area contributed by atoms with Crippen LogP contribution in [-0.4, -0.2) is 26.4 Å². The first kappa shape index (κ1) is 17.5. The third-order valence-corrected chi connectivity index (χ3v) is 5.48. The molecule has 1 saturated carbocycles. The van der Waals surface area contributed by atoms with Gasteiger partial charge in [0.05, 0.1) is 17.8 Å². The molecule has 2 aromatic rings. The molecule has 0 atom stereocenters. The summed E-state index contributed by atoms with van der Waals surface area (Å²) in [5.74, 6) is 0.565. The molecule has 1 aromatic carbocycles. The maximum Gasteiger partial charge on any atom is 0.469 e. The Morgan fingerprint density at radius 3 is 2.46 bits per heavy atom. The lowest BCUT2D eigenvalue weighted by atomic mass is 9.80. The van der Waals surface area contributed by atoms with Gasteiger partial charge in [-0.15, -0.1) is 0 Å². The lowest BCUT2D eigenvalue weighted by Gasteiger charge is -2.28. The average molecular weight is 350 g/mol. The van der Waals surface area contributed by atoms with Gasteiger partial charge in [-0.05, 0) is 68.7 Å². The van der Waals surface area contributed by atoms with Gasteiger partial charge in [0.2, 0.25) is 0 Å². The monoisotopic (exact) mass is 350 g/mol. The Kier molecular flexibility index (Phi) is 5.02. The predicted octanol–water partition coefficient (Wildman–Crippen LogP) is 3.63. The number of hydrogen-bond acceptors (Lipinski definition) is 4. The number of aryl methyl sites for hydroxylation is 2. The van der Waals surface area contributed by atoms with Crippen molar-refractivity contribution in [3.63, 3.8) is 0 Å². The number of phosphoric acid groups is 1. The molecule has 0 unspecified atom stereocenters. The predicted molar refractivity (Wildman–Crippen MR) is 91.7 cm³/mol. The van der Waals surface area contributed by atoms with Crippen LogP contribution in [0.15, 0.2) is 18.5 Å². The van der Waals surface area contributed by atoms with Crippen molar-refractivity contribution >= 4 is 18.7 Å². The van der Waals surface area contributed by atoms with Crippen LogP contribution in [0.4, 0.5) is 0 Å². The summed E-state index contributed by atoms with van der Waals surface area (Å²) in [7, 11) is -4.37. The Balaban J connectivity index is 1.74. The standard InChI is InChI=1S/C17H23N2O4P/c1-11-7-15-16(8-12(11)2)18-10-19-17(15)14-5-3-13(4-6-14)9-23-24(20,21)22/h7-8,10,13-14H,3-6,9H2,1-2H3,(H2,20,21,22). The quantitative estimate of drug-likeness (QED) is 0.818. The molecule has 0 spiro atoms. The van der Waals surface area contributed by atoms with Gasteiger partial charge in [-0.1, -0.05) is 0 Å². The van der Waals surface area contributed by atoms with Crippen molar-refractivity contribution in [2.24, 2.45) is 5.92 Å². The number of phosphoric ester groups is 1. The van der Waals surface area contributed by atoms with Gasteiger partial charge < -0.3 is 9.79 Å². The van der Waals surface area contributed by atoms with Crippen LogP contribution in [0.1, 0.15) is 48.4 Å². The second-order valence-electron chi connectivity index (χ2n) is 6.72. The molecule has 1 aromatic heterocycles. The highest BCUT2D eigenvalue weighted by atomic mass is 31.2. The summed E-state index contributed by atoms with van der Waals surface area (Å²) in [5, 5.41) is 1.12. The molecule has 1 aliphatic carbocycles. The highest BCUT2D eigenvalue weighted by molar-refractivity contribution is 7.46. The summed E-state index contributed by atoms with van der Waals surface area (Å²) in [6.07, 6.45) is 5.32. The van der Waals surface area contributed by atoms with Crippen LogP contribution >= 0.6 is 7.82 Å². The fourth-order valence-corrected chi connectivity index (χ4v) is 3.87. The second-order valence-corrected chi connectivity index (χ2v) is 7.96. The minimum atomic E-state index is -4.37. The van der Waals surface area contributed by atoms with Gasteiger partial charge in [0.25, 0.3) is 0 Å². The average Bonchev–Trinajstić information content (AvgIpc) is 2.53. The first-order valence-corrected chi connectivity index (χ1v) is 9.78. The van der Waals surface area contributed by atoms with Crippen LogP contribution in [0.3, 0.4) is 0 Å². The van der Waals surface area contributed by atoms with Gasteiger partial charge in [-0.25, -0.2) is 14.5 Å². The largest absolute Gasteiger partial charge is 0.469 e. The lowest BCUT2D eigenvalue weighted by Crippen LogP contribution is -2.18. The third kappa shape index (κ3) is 4.01. The number of benzene rings is 1. The molecule has 1 heterocycles. The van der Waals surface area contributed by atoms with Crippen LogP contribution in [0, 0.1) is 19.8 Å². The van der Waals surface area contributed by atoms with Crippen molar-refractivity contribution in [1.29, 1.82) is 0 Å². The van der Waals surface area contributed by atoms with Gasteiger partial charge >= 0.3 is 7.82 Å². The van der Waals surface area contributed by atoms with Gasteiger partial charge in [0, 0.05) is 11.3 Å². The van der Waals surface area contributed by atoms with Gasteiger partial charge in [0.15, 0.2) is 0 Å². The van der Waals surface area contributed by atoms with E-state index in [4.69, 9.17) is 9.79 Å². The zero-order chi connectivity index (χ0) is 17.3. The molecule has 0 saturated heterocycles. The Morgan fingerprint density at radius 1 is 1.12 bits per heavy atom. The molecule has 0 aliphatic heterocycles. The summed E-state index contributed by atoms with van der Waals surface area (Å²) in [5.41, 5.74) is 4.54. The van der Waals surface area contributed by atoms with E-state index in [9.17, 15) is 4.57 Å². The Labute approximate surface area is 141 Å². The number of rotatable bonds is 4. The highest BCUT2D eigenvalue weighted by Crippen LogP contribution is 2.41. The molecule has 130 valence electrons. The summed E-state index contributed by atoms with van der Waals surface area (Å²) < 4.78 is 15.5. The Hall–Kier alpha value is -1.33. The van der Waals surface area contributed by atoms with Crippen LogP contribution in [0.25, 0.3) is 10.9 Å². The van der Waals surface area contributed by atoms with Crippen molar-refractivity contribution in [3.8, 4) is 0 Å². The lowest BCUT2D eigenvalue weighted by molar-refractivity contribution is 0.146. The zero-order valence-corrected chi connectivity index (χ0v) is 14.9. The van der Waals surface area contributed by atoms with Gasteiger partial charge in [-0.2, -0.15) is 0 Å². The van der Waals surface area contributed by atoms with E-state index in [0.717, 1.165) is 42.3 Å². The highest BCUT2D eigenvalue weighted by Gasteiger charge is 2.27. The fraction of sp³-hybridized carbons (Fsp3) is 0.529. The first-order chi connectivity index (χ1) is 11.3. The molecular formula is C17H23N2O4P. The third-order valence-electron chi connectivity index (χ3n) is 4.99. The summed E-state index contributed by atoms with van der Waals surface area (Å²) in [4.78, 5) is 26.6. The van der Waals surface area contributed by atoms with Crippen LogP contribution in [-0.2, 0) is 9.09 Å². The molecule has 3 rings (SSSR count). The number of hydrogen-bond donors (Lipinski definition) is 2. The Morgan fingerprint density at radius 2 is 1.79 bits per heavy atom. The van der Waals surface area contributed by atoms with E-state index in [1.54, 1.807) is 6.33 Å². The SMILES string of the molecule is Cc1cc2ncnc(C3CCC(COP(=O)(O)O)CC3)c2cc1C. The van der Waals surface area contributed by atoms with Crippen molar-refractivity contribution in [2.45, 2.75) is 45.4 Å². The van der Waals surface area contributed by atoms with E-state index >= 15 is 0 Å². The second kappa shape index (κ2) is 6.89. The van der Waals surface area contributed by atoms with E-state index in [2.05, 4.69) is 40.5 Å². The van der Waals surface area contributed by atoms with Crippen LogP contribution < -0.4 is 0 Å². The summed E-state index contributed by atoms with van der Waals surface area (Å²) in [6, 6.07) is 4.28. The summed E-state index contributed by atoms with van der Waals surface area (Å²) >= 11 is 0. The van der Waals surface area contributed by atoms with Crippen molar-refractivity contribution in [3.05, 3.63) is 35.3 Å². The maximum atomic E-state index is 10.8. The molecule has 0 radical (unpaired) electrons. The van der Waals surface area contributed by atoms with E-state index in [1.807, 2.05) is 0 Å². The van der Waals surface area contributed by atoms with Crippen LogP contribution in [0.2, 0.25) is 0 Å². The molecule has 24 heavy (non-hydrogen) atoms.